The minimum absolute atomic E-state index is 0.0519. The van der Waals surface area contributed by atoms with E-state index in [1.165, 1.54) is 12.1 Å². The third kappa shape index (κ3) is 4.03. The highest BCUT2D eigenvalue weighted by molar-refractivity contribution is 6.73. The Labute approximate surface area is 159 Å². The number of carbonyl (C=O) groups excluding carboxylic acids is 2. The van der Waals surface area contributed by atoms with Crippen molar-refractivity contribution in [3.63, 3.8) is 0 Å². The fraction of sp³-hybridized carbons (Fsp3) is 0.556. The van der Waals surface area contributed by atoms with Gasteiger partial charge in [-0.25, -0.2) is 9.69 Å². The number of carbonyl (C=O) groups is 2. The van der Waals surface area contributed by atoms with Gasteiger partial charge in [0.2, 0.25) is 0 Å². The molecule has 2 amide bonds. The molecule has 2 rings (SSSR count). The first-order valence-corrected chi connectivity index (χ1v) is 11.8. The topological polar surface area (TPSA) is 99.0 Å². The number of hydrogen-bond acceptors (Lipinski definition) is 6. The first kappa shape index (κ1) is 21.0. The van der Waals surface area contributed by atoms with Gasteiger partial charge in [-0.1, -0.05) is 32.9 Å². The number of hydrogen-bond donors (Lipinski definition) is 0. The van der Waals surface area contributed by atoms with Crippen LogP contribution in [0.3, 0.4) is 0 Å². The van der Waals surface area contributed by atoms with Gasteiger partial charge in [0.25, 0.3) is 11.6 Å². The molecule has 1 aromatic rings. The largest absolute Gasteiger partial charge is 0.449 e. The van der Waals surface area contributed by atoms with Crippen LogP contribution in [0.1, 0.15) is 39.3 Å². The van der Waals surface area contributed by atoms with Crippen molar-refractivity contribution in [1.29, 1.82) is 0 Å². The van der Waals surface area contributed by atoms with E-state index >= 15 is 0 Å². The molecule has 0 aromatic heterocycles. The van der Waals surface area contributed by atoms with Crippen LogP contribution in [0.5, 0.6) is 0 Å². The van der Waals surface area contributed by atoms with Gasteiger partial charge in [-0.2, -0.15) is 0 Å². The van der Waals surface area contributed by atoms with Crippen LogP contribution in [0.25, 0.3) is 0 Å². The summed E-state index contributed by atoms with van der Waals surface area (Å²) in [5, 5.41) is 10.9. The molecule has 8 nitrogen and oxygen atoms in total. The lowest BCUT2D eigenvalue weighted by Crippen LogP contribution is -2.64. The fourth-order valence-corrected chi connectivity index (χ4v) is 6.13. The lowest BCUT2D eigenvalue weighted by atomic mass is 9.91. The maximum atomic E-state index is 12.7. The van der Waals surface area contributed by atoms with E-state index in [-0.39, 0.29) is 12.3 Å². The summed E-state index contributed by atoms with van der Waals surface area (Å²) in [5.41, 5.74) is 0.563. The van der Waals surface area contributed by atoms with Gasteiger partial charge in [0.1, 0.15) is 6.04 Å². The zero-order valence-corrected chi connectivity index (χ0v) is 17.1. The number of β-lactam (4-membered cyclic amide) rings is 1. The number of nitro benzene ring substituents is 1. The van der Waals surface area contributed by atoms with E-state index in [4.69, 9.17) is 9.16 Å². The standard InChI is InChI=1S/C18H26N2O6Si/c1-5-25-18(22)19-15(13-9-11-14(12-10-13)20(23)24)16(17(19)21)26-27(6-2,7-3)8-4/h9-12,15-16H,5-8H2,1-4H3. The Morgan fingerprint density at radius 3 is 2.15 bits per heavy atom. The summed E-state index contributed by atoms with van der Waals surface area (Å²) in [4.78, 5) is 36.4. The molecule has 0 spiro atoms. The molecule has 0 saturated carbocycles. The fourth-order valence-electron chi connectivity index (χ4n) is 3.36. The molecule has 1 aromatic carbocycles. The average molecular weight is 395 g/mol. The number of ether oxygens (including phenoxy) is 1. The number of amides is 2. The lowest BCUT2D eigenvalue weighted by Gasteiger charge is -2.48. The molecule has 1 aliphatic heterocycles. The van der Waals surface area contributed by atoms with Gasteiger partial charge in [-0.3, -0.25) is 14.9 Å². The van der Waals surface area contributed by atoms with Crippen LogP contribution in [0, 0.1) is 10.1 Å². The molecule has 2 unspecified atom stereocenters. The number of non-ortho nitro benzene ring substituents is 1. The monoisotopic (exact) mass is 394 g/mol. The van der Waals surface area contributed by atoms with Crippen molar-refractivity contribution in [2.45, 2.75) is 58.0 Å². The van der Waals surface area contributed by atoms with Crippen LogP contribution >= 0.6 is 0 Å². The van der Waals surface area contributed by atoms with E-state index in [0.29, 0.717) is 5.56 Å². The van der Waals surface area contributed by atoms with Crippen molar-refractivity contribution in [1.82, 2.24) is 4.90 Å². The van der Waals surface area contributed by atoms with Gasteiger partial charge in [0.15, 0.2) is 14.4 Å². The Morgan fingerprint density at radius 2 is 1.70 bits per heavy atom. The normalized spacial score (nSPS) is 19.6. The SMILES string of the molecule is CCOC(=O)N1C(=O)C(O[Si](CC)(CC)CC)C1c1ccc([N+](=O)[O-])cc1. The second-order valence-electron chi connectivity index (χ2n) is 6.48. The second kappa shape index (κ2) is 8.62. The van der Waals surface area contributed by atoms with Crippen molar-refractivity contribution in [3.05, 3.63) is 39.9 Å². The van der Waals surface area contributed by atoms with Gasteiger partial charge in [0.05, 0.1) is 11.5 Å². The molecule has 0 N–H and O–H groups in total. The van der Waals surface area contributed by atoms with Crippen molar-refractivity contribution < 1.29 is 23.7 Å². The first-order valence-electron chi connectivity index (χ1n) is 9.26. The predicted molar refractivity (Wildman–Crippen MR) is 102 cm³/mol. The maximum Gasteiger partial charge on any atom is 0.417 e. The number of benzene rings is 1. The van der Waals surface area contributed by atoms with Crippen LogP contribution in [-0.2, 0) is 14.0 Å². The summed E-state index contributed by atoms with van der Waals surface area (Å²) in [6.07, 6.45) is -1.48. The average Bonchev–Trinajstić information content (AvgIpc) is 2.67. The number of nitrogens with zero attached hydrogens (tertiary/aromatic N) is 2. The highest BCUT2D eigenvalue weighted by atomic mass is 28.4. The van der Waals surface area contributed by atoms with Gasteiger partial charge in [0, 0.05) is 12.1 Å². The van der Waals surface area contributed by atoms with E-state index in [0.717, 1.165) is 23.0 Å². The summed E-state index contributed by atoms with van der Waals surface area (Å²) in [7, 11) is -2.09. The number of likely N-dealkylation sites (tertiary alicyclic amines) is 1. The zero-order chi connectivity index (χ0) is 20.2. The van der Waals surface area contributed by atoms with Gasteiger partial charge in [-0.05, 0) is 30.6 Å². The predicted octanol–water partition coefficient (Wildman–Crippen LogP) is 4.03. The highest BCUT2D eigenvalue weighted by Crippen LogP contribution is 2.41. The quantitative estimate of drug-likeness (QED) is 0.286. The molecule has 0 aliphatic carbocycles. The molecule has 1 saturated heterocycles. The van der Waals surface area contributed by atoms with Crippen LogP contribution in [-0.4, -0.2) is 42.9 Å². The van der Waals surface area contributed by atoms with Crippen LogP contribution < -0.4 is 0 Å². The summed E-state index contributed by atoms with van der Waals surface area (Å²) >= 11 is 0. The Morgan fingerprint density at radius 1 is 1.15 bits per heavy atom. The van der Waals surface area contributed by atoms with Crippen molar-refractivity contribution in [2.75, 3.05) is 6.61 Å². The van der Waals surface area contributed by atoms with E-state index in [9.17, 15) is 19.7 Å². The van der Waals surface area contributed by atoms with Gasteiger partial charge >= 0.3 is 6.09 Å². The minimum Gasteiger partial charge on any atom is -0.449 e. The third-order valence-corrected chi connectivity index (χ3v) is 9.89. The van der Waals surface area contributed by atoms with Crippen LogP contribution in [0.2, 0.25) is 18.1 Å². The molecule has 148 valence electrons. The molecule has 9 heteroatoms. The summed E-state index contributed by atoms with van der Waals surface area (Å²) < 4.78 is 11.3. The van der Waals surface area contributed by atoms with Crippen molar-refractivity contribution in [3.8, 4) is 0 Å². The molecule has 1 heterocycles. The Bertz CT molecular complexity index is 696. The first-order chi connectivity index (χ1) is 12.8. The third-order valence-electron chi connectivity index (χ3n) is 5.27. The number of rotatable bonds is 8. The Balaban J connectivity index is 2.36. The van der Waals surface area contributed by atoms with E-state index in [2.05, 4.69) is 20.8 Å². The number of nitro groups is 1. The van der Waals surface area contributed by atoms with E-state index in [1.54, 1.807) is 19.1 Å². The second-order valence-corrected chi connectivity index (χ2v) is 11.2. The van der Waals surface area contributed by atoms with Crippen LogP contribution in [0.4, 0.5) is 10.5 Å². The summed E-state index contributed by atoms with van der Waals surface area (Å²) in [6.45, 7) is 8.00. The highest BCUT2D eigenvalue weighted by Gasteiger charge is 2.55. The molecule has 2 atom stereocenters. The maximum absolute atomic E-state index is 12.7. The smallest absolute Gasteiger partial charge is 0.417 e. The van der Waals surface area contributed by atoms with Crippen molar-refractivity contribution in [2.24, 2.45) is 0 Å². The molecular formula is C18H26N2O6Si. The molecule has 1 aliphatic rings. The Hall–Kier alpha value is -2.26. The van der Waals surface area contributed by atoms with Crippen LogP contribution in [0.15, 0.2) is 24.3 Å². The molecule has 1 fully saturated rings. The molecule has 0 bridgehead atoms. The summed E-state index contributed by atoms with van der Waals surface area (Å²) in [5.74, 6) is -0.413. The number of imide groups is 1. The van der Waals surface area contributed by atoms with Gasteiger partial charge < -0.3 is 9.16 Å². The molecule has 27 heavy (non-hydrogen) atoms. The molecule has 0 radical (unpaired) electrons. The van der Waals surface area contributed by atoms with E-state index in [1.807, 2.05) is 0 Å². The zero-order valence-electron chi connectivity index (χ0n) is 16.1. The summed E-state index contributed by atoms with van der Waals surface area (Å²) in [6, 6.07) is 7.83. The van der Waals surface area contributed by atoms with Crippen molar-refractivity contribution >= 4 is 26.0 Å². The van der Waals surface area contributed by atoms with E-state index < -0.39 is 37.4 Å². The lowest BCUT2D eigenvalue weighted by molar-refractivity contribution is -0.384. The van der Waals surface area contributed by atoms with Gasteiger partial charge in [-0.15, -0.1) is 0 Å². The molecular weight excluding hydrogens is 368 g/mol. The Kier molecular flexibility index (Phi) is 6.72. The minimum atomic E-state index is -2.09.